The molecule has 0 radical (unpaired) electrons. The Hall–Kier alpha value is -2.04. The van der Waals surface area contributed by atoms with Gasteiger partial charge in [-0.05, 0) is 24.8 Å². The summed E-state index contributed by atoms with van der Waals surface area (Å²) >= 11 is 0. The van der Waals surface area contributed by atoms with Crippen LogP contribution in [0.4, 0.5) is 0 Å². The Kier molecular flexibility index (Phi) is 3.59. The minimum absolute atomic E-state index is 0.182. The lowest BCUT2D eigenvalue weighted by Gasteiger charge is -2.09. The first kappa shape index (κ1) is 11.4. The van der Waals surface area contributed by atoms with Crippen molar-refractivity contribution < 1.29 is 14.0 Å². The first-order chi connectivity index (χ1) is 8.25. The summed E-state index contributed by atoms with van der Waals surface area (Å²) < 4.78 is 4.77. The molecule has 5 nitrogen and oxygen atoms in total. The molecule has 5 heteroatoms. The van der Waals surface area contributed by atoms with Gasteiger partial charge in [-0.2, -0.15) is 0 Å². The minimum Gasteiger partial charge on any atom is -0.472 e. The van der Waals surface area contributed by atoms with E-state index in [2.05, 4.69) is 16.9 Å². The van der Waals surface area contributed by atoms with Crippen molar-refractivity contribution in [2.45, 2.75) is 19.3 Å². The van der Waals surface area contributed by atoms with Crippen molar-refractivity contribution in [2.24, 2.45) is 5.92 Å². The molecule has 17 heavy (non-hydrogen) atoms. The Morgan fingerprint density at radius 1 is 1.41 bits per heavy atom. The highest BCUT2D eigenvalue weighted by Gasteiger charge is 2.14. The van der Waals surface area contributed by atoms with Crippen molar-refractivity contribution in [1.29, 1.82) is 0 Å². The largest absolute Gasteiger partial charge is 0.472 e. The minimum atomic E-state index is -0.380. The van der Waals surface area contributed by atoms with Crippen LogP contribution in [0.1, 0.15) is 29.6 Å². The van der Waals surface area contributed by atoms with Gasteiger partial charge >= 0.3 is 0 Å². The number of carbonyl (C=O) groups excluding carboxylic acids is 2. The van der Waals surface area contributed by atoms with Crippen LogP contribution in [0.25, 0.3) is 0 Å². The van der Waals surface area contributed by atoms with Crippen LogP contribution in [0.3, 0.4) is 0 Å². The highest BCUT2D eigenvalue weighted by Crippen LogP contribution is 2.19. The van der Waals surface area contributed by atoms with E-state index in [4.69, 9.17) is 4.42 Å². The van der Waals surface area contributed by atoms with Gasteiger partial charge in [0.05, 0.1) is 11.8 Å². The Balaban J connectivity index is 1.72. The summed E-state index contributed by atoms with van der Waals surface area (Å²) in [5.41, 5.74) is 5.10. The Labute approximate surface area is 98.8 Å². The molecule has 0 fully saturated rings. The number of nitrogens with one attached hydrogen (secondary N) is 2. The highest BCUT2D eigenvalue weighted by molar-refractivity contribution is 5.94. The SMILES string of the molecule is O=C(C[C@@H]1C=CCC1)NNC(=O)c1ccoc1. The zero-order valence-electron chi connectivity index (χ0n) is 9.31. The maximum absolute atomic E-state index is 11.5. The molecule has 0 saturated carbocycles. The van der Waals surface area contributed by atoms with Gasteiger partial charge in [0, 0.05) is 6.42 Å². The molecule has 1 aliphatic carbocycles. The highest BCUT2D eigenvalue weighted by atomic mass is 16.3. The molecule has 1 aromatic heterocycles. The van der Waals surface area contributed by atoms with E-state index in [1.165, 1.54) is 18.6 Å². The van der Waals surface area contributed by atoms with E-state index in [0.29, 0.717) is 17.9 Å². The molecule has 0 spiro atoms. The molecule has 0 aliphatic heterocycles. The molecule has 2 amide bonds. The molecule has 1 heterocycles. The maximum Gasteiger partial charge on any atom is 0.272 e. The van der Waals surface area contributed by atoms with Gasteiger partial charge in [0.15, 0.2) is 0 Å². The predicted molar refractivity (Wildman–Crippen MR) is 60.8 cm³/mol. The number of hydrogen-bond donors (Lipinski definition) is 2. The fourth-order valence-electron chi connectivity index (χ4n) is 1.75. The van der Waals surface area contributed by atoms with Gasteiger partial charge in [0.1, 0.15) is 6.26 Å². The van der Waals surface area contributed by atoms with Gasteiger partial charge in [0.2, 0.25) is 5.91 Å². The molecule has 2 rings (SSSR count). The standard InChI is InChI=1S/C12H14N2O3/c15-11(7-9-3-1-2-4-9)13-14-12(16)10-5-6-17-8-10/h1,3,5-6,8-9H,2,4,7H2,(H,13,15)(H,14,16)/t9-/m1/s1. The lowest BCUT2D eigenvalue weighted by atomic mass is 10.1. The zero-order valence-corrected chi connectivity index (χ0v) is 9.31. The summed E-state index contributed by atoms with van der Waals surface area (Å²) in [6.07, 6.45) is 9.27. The first-order valence-electron chi connectivity index (χ1n) is 5.54. The van der Waals surface area contributed by atoms with Gasteiger partial charge in [-0.3, -0.25) is 20.4 Å². The zero-order chi connectivity index (χ0) is 12.1. The summed E-state index contributed by atoms with van der Waals surface area (Å²) in [6, 6.07) is 1.53. The van der Waals surface area contributed by atoms with Crippen molar-refractivity contribution >= 4 is 11.8 Å². The van der Waals surface area contributed by atoms with Crippen LogP contribution < -0.4 is 10.9 Å². The molecule has 0 saturated heterocycles. The third kappa shape index (κ3) is 3.21. The Morgan fingerprint density at radius 2 is 2.29 bits per heavy atom. The van der Waals surface area contributed by atoms with Crippen molar-refractivity contribution in [2.75, 3.05) is 0 Å². The van der Waals surface area contributed by atoms with Crippen molar-refractivity contribution in [1.82, 2.24) is 10.9 Å². The maximum atomic E-state index is 11.5. The number of hydrogen-bond acceptors (Lipinski definition) is 3. The molecule has 2 N–H and O–H groups in total. The molecular weight excluding hydrogens is 220 g/mol. The van der Waals surface area contributed by atoms with Crippen LogP contribution >= 0.6 is 0 Å². The lowest BCUT2D eigenvalue weighted by molar-refractivity contribution is -0.122. The fourth-order valence-corrected chi connectivity index (χ4v) is 1.75. The molecule has 0 unspecified atom stereocenters. The van der Waals surface area contributed by atoms with E-state index < -0.39 is 0 Å². The first-order valence-corrected chi connectivity index (χ1v) is 5.54. The van der Waals surface area contributed by atoms with E-state index >= 15 is 0 Å². The third-order valence-corrected chi connectivity index (χ3v) is 2.66. The normalized spacial score (nSPS) is 18.0. The summed E-state index contributed by atoms with van der Waals surface area (Å²) in [7, 11) is 0. The third-order valence-electron chi connectivity index (χ3n) is 2.66. The second-order valence-corrected chi connectivity index (χ2v) is 3.98. The molecule has 1 aliphatic rings. The van der Waals surface area contributed by atoms with Crippen molar-refractivity contribution in [3.05, 3.63) is 36.3 Å². The van der Waals surface area contributed by atoms with Crippen LogP contribution in [-0.4, -0.2) is 11.8 Å². The van der Waals surface area contributed by atoms with Gasteiger partial charge < -0.3 is 4.42 Å². The van der Waals surface area contributed by atoms with Gasteiger partial charge in [0.25, 0.3) is 5.91 Å². The van der Waals surface area contributed by atoms with E-state index in [1.54, 1.807) is 0 Å². The lowest BCUT2D eigenvalue weighted by Crippen LogP contribution is -2.41. The Morgan fingerprint density at radius 3 is 2.94 bits per heavy atom. The number of rotatable bonds is 3. The van der Waals surface area contributed by atoms with E-state index in [9.17, 15) is 9.59 Å². The van der Waals surface area contributed by atoms with Gasteiger partial charge in [-0.15, -0.1) is 0 Å². The van der Waals surface area contributed by atoms with E-state index in [1.807, 2.05) is 6.08 Å². The summed E-state index contributed by atoms with van der Waals surface area (Å²) in [6.45, 7) is 0. The number of furan rings is 1. The van der Waals surface area contributed by atoms with Crippen LogP contribution in [0, 0.1) is 5.92 Å². The molecular formula is C12H14N2O3. The summed E-state index contributed by atoms with van der Waals surface area (Å²) in [5.74, 6) is -0.270. The smallest absolute Gasteiger partial charge is 0.272 e. The predicted octanol–water partition coefficient (Wildman–Crippen LogP) is 1.40. The number of amides is 2. The second-order valence-electron chi connectivity index (χ2n) is 3.98. The topological polar surface area (TPSA) is 71.3 Å². The van der Waals surface area contributed by atoms with E-state index in [0.717, 1.165) is 12.8 Å². The Bertz CT molecular complexity index is 423. The molecule has 0 bridgehead atoms. The van der Waals surface area contributed by atoms with Crippen LogP contribution in [-0.2, 0) is 4.79 Å². The average Bonchev–Trinajstić information content (AvgIpc) is 2.97. The quantitative estimate of drug-likeness (QED) is 0.613. The van der Waals surface area contributed by atoms with Crippen LogP contribution in [0.15, 0.2) is 35.2 Å². The average molecular weight is 234 g/mol. The number of allylic oxidation sites excluding steroid dienone is 2. The van der Waals surface area contributed by atoms with Crippen molar-refractivity contribution in [3.8, 4) is 0 Å². The molecule has 90 valence electrons. The van der Waals surface area contributed by atoms with Crippen molar-refractivity contribution in [3.63, 3.8) is 0 Å². The van der Waals surface area contributed by atoms with Crippen LogP contribution in [0.5, 0.6) is 0 Å². The van der Waals surface area contributed by atoms with Gasteiger partial charge in [-0.25, -0.2) is 0 Å². The monoisotopic (exact) mass is 234 g/mol. The summed E-state index contributed by atoms with van der Waals surface area (Å²) in [4.78, 5) is 22.9. The van der Waals surface area contributed by atoms with Gasteiger partial charge in [-0.1, -0.05) is 12.2 Å². The number of hydrazine groups is 1. The molecule has 1 atom stereocenters. The molecule has 1 aromatic rings. The number of carbonyl (C=O) groups is 2. The summed E-state index contributed by atoms with van der Waals surface area (Å²) in [5, 5.41) is 0. The molecule has 0 aromatic carbocycles. The van der Waals surface area contributed by atoms with E-state index in [-0.39, 0.29) is 11.8 Å². The second kappa shape index (κ2) is 5.34. The van der Waals surface area contributed by atoms with Crippen LogP contribution in [0.2, 0.25) is 0 Å². The fraction of sp³-hybridized carbons (Fsp3) is 0.333.